The van der Waals surface area contributed by atoms with E-state index in [1.807, 2.05) is 24.3 Å². The summed E-state index contributed by atoms with van der Waals surface area (Å²) >= 11 is 0. The van der Waals surface area contributed by atoms with Crippen LogP contribution in [0.3, 0.4) is 0 Å². The number of benzene rings is 1. The van der Waals surface area contributed by atoms with Crippen molar-refractivity contribution in [1.82, 2.24) is 9.80 Å². The molecule has 1 fully saturated rings. The molecule has 0 bridgehead atoms. The highest BCUT2D eigenvalue weighted by Crippen LogP contribution is 2.20. The van der Waals surface area contributed by atoms with Gasteiger partial charge in [0.2, 0.25) is 0 Å². The number of nitrogen functional groups attached to an aromatic ring is 1. The van der Waals surface area contributed by atoms with Gasteiger partial charge in [-0.15, -0.1) is 0 Å². The molecule has 0 aromatic heterocycles. The zero-order chi connectivity index (χ0) is 14.4. The van der Waals surface area contributed by atoms with Gasteiger partial charge in [-0.25, -0.2) is 0 Å². The van der Waals surface area contributed by atoms with Gasteiger partial charge >= 0.3 is 0 Å². The summed E-state index contributed by atoms with van der Waals surface area (Å²) in [5.74, 6) is 0.803. The summed E-state index contributed by atoms with van der Waals surface area (Å²) in [6.07, 6.45) is 3.67. The van der Waals surface area contributed by atoms with Crippen LogP contribution >= 0.6 is 0 Å². The maximum Gasteiger partial charge on any atom is 0.142 e. The van der Waals surface area contributed by atoms with Crippen LogP contribution in [-0.4, -0.2) is 56.2 Å². The molecule has 1 saturated heterocycles. The number of hydrogen-bond acceptors (Lipinski definition) is 4. The van der Waals surface area contributed by atoms with Crippen molar-refractivity contribution in [1.29, 1.82) is 0 Å². The van der Waals surface area contributed by atoms with Crippen molar-refractivity contribution in [3.63, 3.8) is 0 Å². The lowest BCUT2D eigenvalue weighted by Crippen LogP contribution is -2.45. The molecule has 4 nitrogen and oxygen atoms in total. The molecule has 1 heterocycles. The Morgan fingerprint density at radius 2 is 2.15 bits per heavy atom. The van der Waals surface area contributed by atoms with E-state index >= 15 is 0 Å². The SMILES string of the molecule is CN(C)C1CCCN(CCCOc2ccccc2N)C1. The lowest BCUT2D eigenvalue weighted by atomic mass is 10.0. The minimum Gasteiger partial charge on any atom is -0.491 e. The van der Waals surface area contributed by atoms with Crippen molar-refractivity contribution in [2.45, 2.75) is 25.3 Å². The quantitative estimate of drug-likeness (QED) is 0.638. The van der Waals surface area contributed by atoms with E-state index in [1.54, 1.807) is 0 Å². The Hall–Kier alpha value is -1.26. The molecule has 1 aliphatic heterocycles. The van der Waals surface area contributed by atoms with Crippen molar-refractivity contribution >= 4 is 5.69 Å². The molecule has 0 aliphatic carbocycles. The predicted octanol–water partition coefficient (Wildman–Crippen LogP) is 2.06. The molecule has 20 heavy (non-hydrogen) atoms. The fourth-order valence-corrected chi connectivity index (χ4v) is 2.74. The molecule has 1 aromatic rings. The van der Waals surface area contributed by atoms with Gasteiger partial charge in [-0.3, -0.25) is 0 Å². The first-order valence-electron chi connectivity index (χ1n) is 7.53. The second-order valence-electron chi connectivity index (χ2n) is 5.80. The molecule has 0 saturated carbocycles. The van der Waals surface area contributed by atoms with Crippen molar-refractivity contribution in [2.75, 3.05) is 46.1 Å². The van der Waals surface area contributed by atoms with Gasteiger partial charge in [-0.1, -0.05) is 12.1 Å². The van der Waals surface area contributed by atoms with Crippen LogP contribution in [-0.2, 0) is 0 Å². The lowest BCUT2D eigenvalue weighted by molar-refractivity contribution is 0.127. The average Bonchev–Trinajstić information content (AvgIpc) is 2.45. The van der Waals surface area contributed by atoms with Crippen LogP contribution in [0.25, 0.3) is 0 Å². The summed E-state index contributed by atoms with van der Waals surface area (Å²) in [6.45, 7) is 4.24. The molecule has 0 amide bonds. The first-order valence-corrected chi connectivity index (χ1v) is 7.53. The number of likely N-dealkylation sites (tertiary alicyclic amines) is 1. The zero-order valence-electron chi connectivity index (χ0n) is 12.7. The highest BCUT2D eigenvalue weighted by molar-refractivity contribution is 5.51. The van der Waals surface area contributed by atoms with E-state index in [4.69, 9.17) is 10.5 Å². The number of nitrogens with two attached hydrogens (primary N) is 1. The minimum absolute atomic E-state index is 0.703. The van der Waals surface area contributed by atoms with Gasteiger partial charge in [0.15, 0.2) is 0 Å². The summed E-state index contributed by atoms with van der Waals surface area (Å²) in [6, 6.07) is 8.39. The van der Waals surface area contributed by atoms with E-state index in [0.29, 0.717) is 6.04 Å². The Kier molecular flexibility index (Phi) is 5.68. The van der Waals surface area contributed by atoms with Gasteiger partial charge < -0.3 is 20.3 Å². The van der Waals surface area contributed by atoms with Crippen LogP contribution in [0.1, 0.15) is 19.3 Å². The highest BCUT2D eigenvalue weighted by Gasteiger charge is 2.20. The second kappa shape index (κ2) is 7.50. The van der Waals surface area contributed by atoms with Crippen LogP contribution in [0.2, 0.25) is 0 Å². The molecule has 1 unspecified atom stereocenters. The van der Waals surface area contributed by atoms with Crippen LogP contribution < -0.4 is 10.5 Å². The molecule has 1 aromatic carbocycles. The van der Waals surface area contributed by atoms with Gasteiger partial charge in [0.1, 0.15) is 5.75 Å². The molecular weight excluding hydrogens is 250 g/mol. The largest absolute Gasteiger partial charge is 0.491 e. The Morgan fingerprint density at radius 3 is 2.90 bits per heavy atom. The Morgan fingerprint density at radius 1 is 1.35 bits per heavy atom. The molecule has 0 radical (unpaired) electrons. The van der Waals surface area contributed by atoms with E-state index in [-0.39, 0.29) is 0 Å². The van der Waals surface area contributed by atoms with Gasteiger partial charge in [-0.05, 0) is 52.0 Å². The molecule has 4 heteroatoms. The third kappa shape index (κ3) is 4.39. The molecule has 1 aliphatic rings. The number of nitrogens with zero attached hydrogens (tertiary/aromatic N) is 2. The van der Waals surface area contributed by atoms with Gasteiger partial charge in [-0.2, -0.15) is 0 Å². The molecule has 2 rings (SSSR count). The minimum atomic E-state index is 0.703. The van der Waals surface area contributed by atoms with Crippen molar-refractivity contribution < 1.29 is 4.74 Å². The normalized spacial score (nSPS) is 20.2. The smallest absolute Gasteiger partial charge is 0.142 e. The summed E-state index contributed by atoms with van der Waals surface area (Å²) < 4.78 is 5.74. The molecule has 1 atom stereocenters. The van der Waals surface area contributed by atoms with Crippen molar-refractivity contribution in [2.24, 2.45) is 0 Å². The summed E-state index contributed by atoms with van der Waals surface area (Å²) in [4.78, 5) is 4.89. The Balaban J connectivity index is 1.67. The van der Waals surface area contributed by atoms with Gasteiger partial charge in [0, 0.05) is 19.1 Å². The van der Waals surface area contributed by atoms with E-state index in [0.717, 1.165) is 31.0 Å². The summed E-state index contributed by atoms with van der Waals surface area (Å²) in [5, 5.41) is 0. The summed E-state index contributed by atoms with van der Waals surface area (Å²) in [7, 11) is 4.35. The first kappa shape index (κ1) is 15.1. The van der Waals surface area contributed by atoms with Crippen LogP contribution in [0.15, 0.2) is 24.3 Å². The number of likely N-dealkylation sites (N-methyl/N-ethyl adjacent to an activating group) is 1. The number of anilines is 1. The monoisotopic (exact) mass is 277 g/mol. The maximum absolute atomic E-state index is 5.86. The van der Waals surface area contributed by atoms with Crippen LogP contribution in [0, 0.1) is 0 Å². The standard InChI is InChI=1S/C16H27N3O/c1-18(2)14-7-5-10-19(13-14)11-6-12-20-16-9-4-3-8-15(16)17/h3-4,8-9,14H,5-7,10-13,17H2,1-2H3. The predicted molar refractivity (Wildman–Crippen MR) is 84.1 cm³/mol. The number of para-hydroxylation sites is 2. The third-order valence-corrected chi connectivity index (χ3v) is 4.01. The van der Waals surface area contributed by atoms with Crippen LogP contribution in [0.5, 0.6) is 5.75 Å². The van der Waals surface area contributed by atoms with E-state index in [2.05, 4.69) is 23.9 Å². The Labute approximate surface area is 122 Å². The lowest BCUT2D eigenvalue weighted by Gasteiger charge is -2.36. The molecule has 0 spiro atoms. The van der Waals surface area contributed by atoms with E-state index in [9.17, 15) is 0 Å². The average molecular weight is 277 g/mol. The fourth-order valence-electron chi connectivity index (χ4n) is 2.74. The second-order valence-corrected chi connectivity index (χ2v) is 5.80. The maximum atomic E-state index is 5.86. The third-order valence-electron chi connectivity index (χ3n) is 4.01. The number of piperidine rings is 1. The first-order chi connectivity index (χ1) is 9.66. The van der Waals surface area contributed by atoms with Crippen LogP contribution in [0.4, 0.5) is 5.69 Å². The topological polar surface area (TPSA) is 41.7 Å². The molecule has 2 N–H and O–H groups in total. The van der Waals surface area contributed by atoms with E-state index < -0.39 is 0 Å². The molecule has 112 valence electrons. The number of hydrogen-bond donors (Lipinski definition) is 1. The van der Waals surface area contributed by atoms with Gasteiger partial charge in [0.25, 0.3) is 0 Å². The molecular formula is C16H27N3O. The van der Waals surface area contributed by atoms with Crippen molar-refractivity contribution in [3.05, 3.63) is 24.3 Å². The zero-order valence-corrected chi connectivity index (χ0v) is 12.7. The number of ether oxygens (including phenoxy) is 1. The van der Waals surface area contributed by atoms with E-state index in [1.165, 1.54) is 25.9 Å². The highest BCUT2D eigenvalue weighted by atomic mass is 16.5. The van der Waals surface area contributed by atoms with Gasteiger partial charge in [0.05, 0.1) is 12.3 Å². The fraction of sp³-hybridized carbons (Fsp3) is 0.625. The number of rotatable bonds is 6. The summed E-state index contributed by atoms with van der Waals surface area (Å²) in [5.41, 5.74) is 6.58. The Bertz CT molecular complexity index is 408. The van der Waals surface area contributed by atoms with Crippen molar-refractivity contribution in [3.8, 4) is 5.75 Å².